The van der Waals surface area contributed by atoms with Gasteiger partial charge in [0.1, 0.15) is 12.4 Å². The third-order valence-corrected chi connectivity index (χ3v) is 3.76. The molecule has 22 heavy (non-hydrogen) atoms. The molecule has 3 nitrogen and oxygen atoms in total. The molecule has 0 aliphatic carbocycles. The monoisotopic (exact) mass is 314 g/mol. The average molecular weight is 314 g/mol. The Morgan fingerprint density at radius 2 is 1.77 bits per heavy atom. The summed E-state index contributed by atoms with van der Waals surface area (Å²) in [5.41, 5.74) is 4.63. The van der Waals surface area contributed by atoms with Crippen molar-refractivity contribution in [3.05, 3.63) is 59.2 Å². The van der Waals surface area contributed by atoms with Gasteiger partial charge in [-0.15, -0.1) is 0 Å². The van der Waals surface area contributed by atoms with Gasteiger partial charge in [-0.05, 0) is 62.3 Å². The fourth-order valence-corrected chi connectivity index (χ4v) is 2.24. The van der Waals surface area contributed by atoms with Crippen molar-refractivity contribution in [3.63, 3.8) is 0 Å². The quantitative estimate of drug-likeness (QED) is 0.646. The van der Waals surface area contributed by atoms with Gasteiger partial charge in [-0.2, -0.15) is 0 Å². The zero-order chi connectivity index (χ0) is 15.9. The molecule has 2 rings (SSSR count). The second kappa shape index (κ2) is 7.80. The summed E-state index contributed by atoms with van der Waals surface area (Å²) < 4.78 is 5.78. The van der Waals surface area contributed by atoms with Crippen molar-refractivity contribution in [1.82, 2.24) is 5.32 Å². The summed E-state index contributed by atoms with van der Waals surface area (Å²) in [6.07, 6.45) is 0. The molecule has 116 valence electrons. The lowest BCUT2D eigenvalue weighted by molar-refractivity contribution is 0.320. The first-order chi connectivity index (χ1) is 10.6. The van der Waals surface area contributed by atoms with Gasteiger partial charge >= 0.3 is 0 Å². The van der Waals surface area contributed by atoms with Crippen LogP contribution in [0.15, 0.2) is 42.5 Å². The highest BCUT2D eigenvalue weighted by Crippen LogP contribution is 2.20. The van der Waals surface area contributed by atoms with Crippen LogP contribution in [0, 0.1) is 20.8 Å². The van der Waals surface area contributed by atoms with E-state index < -0.39 is 0 Å². The number of hydrogen-bond acceptors (Lipinski definition) is 2. The first kappa shape index (κ1) is 16.3. The van der Waals surface area contributed by atoms with Crippen LogP contribution >= 0.6 is 12.2 Å². The van der Waals surface area contributed by atoms with Gasteiger partial charge in [0.25, 0.3) is 0 Å². The minimum atomic E-state index is 0.569. The molecule has 0 aromatic heterocycles. The minimum absolute atomic E-state index is 0.569. The molecule has 4 heteroatoms. The maximum Gasteiger partial charge on any atom is 0.170 e. The Balaban J connectivity index is 1.73. The lowest BCUT2D eigenvalue weighted by Gasteiger charge is -2.13. The van der Waals surface area contributed by atoms with E-state index in [2.05, 4.69) is 49.6 Å². The Bertz CT molecular complexity index is 638. The smallest absolute Gasteiger partial charge is 0.170 e. The van der Waals surface area contributed by atoms with Crippen molar-refractivity contribution in [1.29, 1.82) is 0 Å². The Hall–Kier alpha value is -2.07. The third kappa shape index (κ3) is 4.74. The molecule has 0 radical (unpaired) electrons. The van der Waals surface area contributed by atoms with E-state index in [4.69, 9.17) is 17.0 Å². The van der Waals surface area contributed by atoms with E-state index in [1.807, 2.05) is 24.3 Å². The van der Waals surface area contributed by atoms with Gasteiger partial charge in [0.2, 0.25) is 0 Å². The summed E-state index contributed by atoms with van der Waals surface area (Å²) in [5, 5.41) is 6.90. The number of anilines is 1. The Morgan fingerprint density at radius 1 is 1.05 bits per heavy atom. The van der Waals surface area contributed by atoms with Crippen molar-refractivity contribution < 1.29 is 4.74 Å². The zero-order valence-corrected chi connectivity index (χ0v) is 14.1. The molecule has 0 heterocycles. The van der Waals surface area contributed by atoms with Crippen molar-refractivity contribution in [2.24, 2.45) is 0 Å². The second-order valence-corrected chi connectivity index (χ2v) is 5.70. The summed E-state index contributed by atoms with van der Waals surface area (Å²) >= 11 is 5.27. The first-order valence-electron chi connectivity index (χ1n) is 7.37. The van der Waals surface area contributed by atoms with Gasteiger partial charge in [0, 0.05) is 5.69 Å². The summed E-state index contributed by atoms with van der Waals surface area (Å²) in [5.74, 6) is 0.930. The fourth-order valence-electron chi connectivity index (χ4n) is 2.02. The largest absolute Gasteiger partial charge is 0.491 e. The molecule has 2 aromatic carbocycles. The summed E-state index contributed by atoms with van der Waals surface area (Å²) in [7, 11) is 0. The van der Waals surface area contributed by atoms with E-state index in [1.54, 1.807) is 0 Å². The van der Waals surface area contributed by atoms with Crippen LogP contribution in [0.25, 0.3) is 0 Å². The lowest BCUT2D eigenvalue weighted by Crippen LogP contribution is -2.32. The molecular formula is C18H22N2OS. The van der Waals surface area contributed by atoms with Crippen molar-refractivity contribution >= 4 is 23.0 Å². The molecule has 0 saturated heterocycles. The predicted octanol–water partition coefficient (Wildman–Crippen LogP) is 3.98. The molecule has 0 saturated carbocycles. The molecular weight excluding hydrogens is 292 g/mol. The number of aryl methyl sites for hydroxylation is 2. The number of thiocarbonyl (C=S) groups is 1. The van der Waals surface area contributed by atoms with E-state index in [1.165, 1.54) is 16.7 Å². The topological polar surface area (TPSA) is 33.3 Å². The van der Waals surface area contributed by atoms with Crippen LogP contribution in [0.4, 0.5) is 5.69 Å². The van der Waals surface area contributed by atoms with E-state index >= 15 is 0 Å². The molecule has 2 aromatic rings. The Labute approximate surface area is 137 Å². The molecule has 0 aliphatic rings. The van der Waals surface area contributed by atoms with Crippen LogP contribution in [-0.2, 0) is 0 Å². The Kier molecular flexibility index (Phi) is 5.78. The number of hydrogen-bond donors (Lipinski definition) is 2. The van der Waals surface area contributed by atoms with Crippen LogP contribution in [-0.4, -0.2) is 18.3 Å². The molecule has 0 atom stereocenters. The molecule has 0 aliphatic heterocycles. The summed E-state index contributed by atoms with van der Waals surface area (Å²) in [6, 6.07) is 14.2. The maximum absolute atomic E-state index is 5.78. The van der Waals surface area contributed by atoms with Gasteiger partial charge in [-0.1, -0.05) is 29.8 Å². The predicted molar refractivity (Wildman–Crippen MR) is 96.8 cm³/mol. The standard InChI is InChI=1S/C18H22N2OS/c1-13-7-9-16(10-8-13)20-18(22)19-11-12-21-17-6-4-5-14(2)15(17)3/h4-10H,11-12H2,1-3H3,(H2,19,20,22). The number of ether oxygens (including phenoxy) is 1. The lowest BCUT2D eigenvalue weighted by atomic mass is 10.1. The Morgan fingerprint density at radius 3 is 2.50 bits per heavy atom. The van der Waals surface area contributed by atoms with Crippen molar-refractivity contribution in [2.75, 3.05) is 18.5 Å². The number of benzene rings is 2. The molecule has 0 bridgehead atoms. The summed E-state index contributed by atoms with van der Waals surface area (Å²) in [4.78, 5) is 0. The van der Waals surface area contributed by atoms with Gasteiger partial charge in [-0.25, -0.2) is 0 Å². The van der Waals surface area contributed by atoms with E-state index in [0.717, 1.165) is 11.4 Å². The van der Waals surface area contributed by atoms with Crippen LogP contribution in [0.3, 0.4) is 0 Å². The van der Waals surface area contributed by atoms with Crippen molar-refractivity contribution in [2.45, 2.75) is 20.8 Å². The highest BCUT2D eigenvalue weighted by atomic mass is 32.1. The van der Waals surface area contributed by atoms with Crippen LogP contribution in [0.5, 0.6) is 5.75 Å². The minimum Gasteiger partial charge on any atom is -0.491 e. The molecule has 2 N–H and O–H groups in total. The normalized spacial score (nSPS) is 10.1. The highest BCUT2D eigenvalue weighted by Gasteiger charge is 2.02. The summed E-state index contributed by atoms with van der Waals surface area (Å²) in [6.45, 7) is 7.44. The second-order valence-electron chi connectivity index (χ2n) is 5.29. The van der Waals surface area contributed by atoms with Crippen LogP contribution < -0.4 is 15.4 Å². The SMILES string of the molecule is Cc1ccc(NC(=S)NCCOc2cccc(C)c2C)cc1. The maximum atomic E-state index is 5.78. The van der Waals surface area contributed by atoms with E-state index in [0.29, 0.717) is 18.3 Å². The van der Waals surface area contributed by atoms with Gasteiger partial charge in [0.05, 0.1) is 6.54 Å². The fraction of sp³-hybridized carbons (Fsp3) is 0.278. The molecule has 0 amide bonds. The van der Waals surface area contributed by atoms with E-state index in [-0.39, 0.29) is 0 Å². The molecule has 0 fully saturated rings. The van der Waals surface area contributed by atoms with Crippen LogP contribution in [0.2, 0.25) is 0 Å². The van der Waals surface area contributed by atoms with Crippen LogP contribution in [0.1, 0.15) is 16.7 Å². The highest BCUT2D eigenvalue weighted by molar-refractivity contribution is 7.80. The third-order valence-electron chi connectivity index (χ3n) is 3.51. The zero-order valence-electron chi connectivity index (χ0n) is 13.3. The molecule has 0 unspecified atom stereocenters. The number of nitrogens with one attached hydrogen (secondary N) is 2. The number of rotatable bonds is 5. The average Bonchev–Trinajstić information content (AvgIpc) is 2.50. The van der Waals surface area contributed by atoms with Gasteiger partial charge in [-0.3, -0.25) is 0 Å². The van der Waals surface area contributed by atoms with Gasteiger partial charge < -0.3 is 15.4 Å². The van der Waals surface area contributed by atoms with Gasteiger partial charge in [0.15, 0.2) is 5.11 Å². The molecule has 0 spiro atoms. The van der Waals surface area contributed by atoms with E-state index in [9.17, 15) is 0 Å². The first-order valence-corrected chi connectivity index (χ1v) is 7.77. The van der Waals surface area contributed by atoms with Crippen molar-refractivity contribution in [3.8, 4) is 5.75 Å².